The maximum absolute atomic E-state index is 12.0. The maximum Gasteiger partial charge on any atom is 0.262 e. The van der Waals surface area contributed by atoms with E-state index in [0.29, 0.717) is 11.4 Å². The number of hydrogen-bond acceptors (Lipinski definition) is 3. The first kappa shape index (κ1) is 17.2. The lowest BCUT2D eigenvalue weighted by Crippen LogP contribution is -2.20. The molecule has 2 aromatic carbocycles. The van der Waals surface area contributed by atoms with Crippen molar-refractivity contribution in [1.29, 1.82) is 0 Å². The Kier molecular flexibility index (Phi) is 5.93. The zero-order valence-electron chi connectivity index (χ0n) is 13.6. The number of hydrogen-bond donors (Lipinski definition) is 1. The Morgan fingerprint density at radius 1 is 1.13 bits per heavy atom. The van der Waals surface area contributed by atoms with E-state index in [4.69, 9.17) is 4.74 Å². The molecule has 0 aliphatic heterocycles. The molecule has 1 unspecified atom stereocenters. The third-order valence-corrected chi connectivity index (χ3v) is 4.08. The van der Waals surface area contributed by atoms with E-state index in [0.717, 1.165) is 22.4 Å². The molecular weight excluding hydrogens is 310 g/mol. The van der Waals surface area contributed by atoms with E-state index in [1.165, 1.54) is 0 Å². The Bertz CT molecular complexity index is 708. The van der Waals surface area contributed by atoms with Gasteiger partial charge in [-0.3, -0.25) is 9.00 Å². The summed E-state index contributed by atoms with van der Waals surface area (Å²) in [7, 11) is -0.909. The average molecular weight is 331 g/mol. The summed E-state index contributed by atoms with van der Waals surface area (Å²) in [6.45, 7) is 3.86. The predicted molar refractivity (Wildman–Crippen MR) is 94.3 cm³/mol. The van der Waals surface area contributed by atoms with Crippen LogP contribution in [0.4, 0.5) is 5.69 Å². The molecule has 1 N–H and O–H groups in total. The normalized spacial score (nSPS) is 11.8. The fourth-order valence-electron chi connectivity index (χ4n) is 2.34. The molecule has 1 amide bonds. The molecule has 0 aliphatic rings. The summed E-state index contributed by atoms with van der Waals surface area (Å²) in [5, 5.41) is 2.80. The molecule has 0 radical (unpaired) electrons. The molecule has 4 nitrogen and oxygen atoms in total. The standard InChI is InChI=1S/C18H21NO3S/c1-13-6-4-7-14(2)18(13)22-11-17(20)19-16-9-5-8-15(10-16)12-23(3)21/h4-10H,11-12H2,1-3H3,(H,19,20). The smallest absolute Gasteiger partial charge is 0.262 e. The monoisotopic (exact) mass is 331 g/mol. The number of aryl methyl sites for hydroxylation is 2. The van der Waals surface area contributed by atoms with Crippen LogP contribution in [0, 0.1) is 13.8 Å². The quantitative estimate of drug-likeness (QED) is 0.884. The molecule has 0 fully saturated rings. The summed E-state index contributed by atoms with van der Waals surface area (Å²) < 4.78 is 16.9. The highest BCUT2D eigenvalue weighted by molar-refractivity contribution is 7.83. The maximum atomic E-state index is 12.0. The first-order valence-corrected chi connectivity index (χ1v) is 9.06. The van der Waals surface area contributed by atoms with Gasteiger partial charge in [-0.15, -0.1) is 0 Å². The zero-order chi connectivity index (χ0) is 16.8. The number of amides is 1. The highest BCUT2D eigenvalue weighted by Crippen LogP contribution is 2.22. The second-order valence-corrected chi connectivity index (χ2v) is 6.91. The van der Waals surface area contributed by atoms with Gasteiger partial charge in [-0.25, -0.2) is 0 Å². The molecule has 23 heavy (non-hydrogen) atoms. The van der Waals surface area contributed by atoms with Crippen molar-refractivity contribution in [2.24, 2.45) is 0 Å². The number of carbonyl (C=O) groups excluding carboxylic acids is 1. The fourth-order valence-corrected chi connectivity index (χ4v) is 2.98. The van der Waals surface area contributed by atoms with Crippen LogP contribution in [0.3, 0.4) is 0 Å². The van der Waals surface area contributed by atoms with Crippen LogP contribution in [0.1, 0.15) is 16.7 Å². The predicted octanol–water partition coefficient (Wildman–Crippen LogP) is 3.20. The molecule has 5 heteroatoms. The van der Waals surface area contributed by atoms with E-state index in [1.54, 1.807) is 12.3 Å². The van der Waals surface area contributed by atoms with Crippen LogP contribution in [0.2, 0.25) is 0 Å². The Hall–Kier alpha value is -2.14. The summed E-state index contributed by atoms with van der Waals surface area (Å²) in [5.41, 5.74) is 3.62. The van der Waals surface area contributed by atoms with Gasteiger partial charge >= 0.3 is 0 Å². The number of carbonyl (C=O) groups is 1. The summed E-state index contributed by atoms with van der Waals surface area (Å²) >= 11 is 0. The Balaban J connectivity index is 1.96. The van der Waals surface area contributed by atoms with Crippen molar-refractivity contribution in [3.05, 3.63) is 59.2 Å². The van der Waals surface area contributed by atoms with Gasteiger partial charge in [-0.05, 0) is 42.7 Å². The minimum Gasteiger partial charge on any atom is -0.483 e. The highest BCUT2D eigenvalue weighted by Gasteiger charge is 2.08. The first-order chi connectivity index (χ1) is 11.0. The zero-order valence-corrected chi connectivity index (χ0v) is 14.4. The molecule has 0 saturated carbocycles. The molecule has 0 aliphatic carbocycles. The largest absolute Gasteiger partial charge is 0.483 e. The van der Waals surface area contributed by atoms with Gasteiger partial charge in [0.2, 0.25) is 0 Å². The number of rotatable bonds is 6. The van der Waals surface area contributed by atoms with Gasteiger partial charge in [0, 0.05) is 28.5 Å². The number of benzene rings is 2. The third kappa shape index (κ3) is 5.21. The first-order valence-electron chi connectivity index (χ1n) is 7.33. The van der Waals surface area contributed by atoms with E-state index >= 15 is 0 Å². The Labute approximate surface area is 139 Å². The van der Waals surface area contributed by atoms with Crippen molar-refractivity contribution < 1.29 is 13.7 Å². The highest BCUT2D eigenvalue weighted by atomic mass is 32.2. The van der Waals surface area contributed by atoms with Crippen LogP contribution in [0.15, 0.2) is 42.5 Å². The summed E-state index contributed by atoms with van der Waals surface area (Å²) in [4.78, 5) is 12.0. The van der Waals surface area contributed by atoms with Crippen molar-refractivity contribution in [2.45, 2.75) is 19.6 Å². The molecular formula is C18H21NO3S. The Morgan fingerprint density at radius 3 is 2.43 bits per heavy atom. The van der Waals surface area contributed by atoms with E-state index in [1.807, 2.05) is 50.2 Å². The lowest BCUT2D eigenvalue weighted by atomic mass is 10.1. The van der Waals surface area contributed by atoms with Crippen LogP contribution in [0.25, 0.3) is 0 Å². The molecule has 2 rings (SSSR count). The summed E-state index contributed by atoms with van der Waals surface area (Å²) in [5.74, 6) is 1.00. The van der Waals surface area contributed by atoms with Gasteiger partial charge < -0.3 is 10.1 Å². The minimum absolute atomic E-state index is 0.0460. The Morgan fingerprint density at radius 2 is 1.78 bits per heavy atom. The van der Waals surface area contributed by atoms with Gasteiger partial charge in [0.05, 0.1) is 0 Å². The molecule has 0 spiro atoms. The van der Waals surface area contributed by atoms with Gasteiger partial charge in [0.15, 0.2) is 6.61 Å². The van der Waals surface area contributed by atoms with E-state index in [2.05, 4.69) is 5.32 Å². The van der Waals surface area contributed by atoms with E-state index in [-0.39, 0.29) is 12.5 Å². The van der Waals surface area contributed by atoms with E-state index < -0.39 is 10.8 Å². The molecule has 0 aromatic heterocycles. The van der Waals surface area contributed by atoms with Gasteiger partial charge in [0.1, 0.15) is 5.75 Å². The second kappa shape index (κ2) is 7.92. The van der Waals surface area contributed by atoms with Crippen molar-refractivity contribution in [3.8, 4) is 5.75 Å². The molecule has 1 atom stereocenters. The molecule has 0 heterocycles. The number of anilines is 1. The van der Waals surface area contributed by atoms with Gasteiger partial charge in [0.25, 0.3) is 5.91 Å². The van der Waals surface area contributed by atoms with Crippen molar-refractivity contribution in [2.75, 3.05) is 18.2 Å². The van der Waals surface area contributed by atoms with Crippen molar-refractivity contribution in [3.63, 3.8) is 0 Å². The average Bonchev–Trinajstić information content (AvgIpc) is 2.46. The van der Waals surface area contributed by atoms with Crippen molar-refractivity contribution in [1.82, 2.24) is 0 Å². The van der Waals surface area contributed by atoms with Crippen molar-refractivity contribution >= 4 is 22.4 Å². The number of para-hydroxylation sites is 1. The molecule has 2 aromatic rings. The lowest BCUT2D eigenvalue weighted by molar-refractivity contribution is -0.118. The molecule has 0 bridgehead atoms. The summed E-state index contributed by atoms with van der Waals surface area (Å²) in [6, 6.07) is 13.2. The van der Waals surface area contributed by atoms with Gasteiger partial charge in [-0.2, -0.15) is 0 Å². The topological polar surface area (TPSA) is 55.4 Å². The van der Waals surface area contributed by atoms with Crippen LogP contribution in [-0.4, -0.2) is 23.0 Å². The van der Waals surface area contributed by atoms with Crippen LogP contribution >= 0.6 is 0 Å². The van der Waals surface area contributed by atoms with Gasteiger partial charge in [-0.1, -0.05) is 30.3 Å². The second-order valence-electron chi connectivity index (χ2n) is 5.48. The third-order valence-electron chi connectivity index (χ3n) is 3.34. The minimum atomic E-state index is -0.909. The number of nitrogens with one attached hydrogen (secondary N) is 1. The SMILES string of the molecule is Cc1cccc(C)c1OCC(=O)Nc1cccc(CS(C)=O)c1. The van der Waals surface area contributed by atoms with Crippen LogP contribution in [-0.2, 0) is 21.3 Å². The van der Waals surface area contributed by atoms with Crippen LogP contribution < -0.4 is 10.1 Å². The van der Waals surface area contributed by atoms with E-state index in [9.17, 15) is 9.00 Å². The summed E-state index contributed by atoms with van der Waals surface area (Å²) in [6.07, 6.45) is 1.66. The van der Waals surface area contributed by atoms with Crippen LogP contribution in [0.5, 0.6) is 5.75 Å². The molecule has 122 valence electrons. The molecule has 0 saturated heterocycles. The fraction of sp³-hybridized carbons (Fsp3) is 0.278. The lowest BCUT2D eigenvalue weighted by Gasteiger charge is -2.12. The number of ether oxygens (including phenoxy) is 1.